The van der Waals surface area contributed by atoms with Gasteiger partial charge in [0.25, 0.3) is 0 Å². The first-order chi connectivity index (χ1) is 9.19. The highest BCUT2D eigenvalue weighted by atomic mass is 16.5. The molecule has 0 saturated carbocycles. The van der Waals surface area contributed by atoms with Gasteiger partial charge in [-0.1, -0.05) is 5.57 Å². The molecule has 0 amide bonds. The van der Waals surface area contributed by atoms with E-state index in [2.05, 4.69) is 4.98 Å². The summed E-state index contributed by atoms with van der Waals surface area (Å²) in [6.07, 6.45) is 4.34. The molecule has 0 saturated heterocycles. The van der Waals surface area contributed by atoms with Crippen LogP contribution in [0.25, 0.3) is 5.57 Å². The Morgan fingerprint density at radius 1 is 1.32 bits per heavy atom. The number of carbonyl (C=O) groups is 1. The average Bonchev–Trinajstić information content (AvgIpc) is 2.45. The number of aromatic amines is 1. The van der Waals surface area contributed by atoms with Crippen molar-refractivity contribution in [3.05, 3.63) is 39.3 Å². The Hall–Kier alpha value is -1.84. The second kappa shape index (κ2) is 4.68. The third-order valence-electron chi connectivity index (χ3n) is 4.20. The van der Waals surface area contributed by atoms with Crippen molar-refractivity contribution >= 4 is 11.5 Å². The Labute approximate surface area is 111 Å². The molecule has 1 heterocycles. The van der Waals surface area contributed by atoms with Crippen molar-refractivity contribution in [3.8, 4) is 0 Å². The zero-order valence-electron chi connectivity index (χ0n) is 11.0. The first-order valence-electron chi connectivity index (χ1n) is 6.70. The minimum Gasteiger partial charge on any atom is -0.469 e. The van der Waals surface area contributed by atoms with Gasteiger partial charge in [-0.25, -0.2) is 0 Å². The maximum Gasteiger partial charge on any atom is 0.308 e. The van der Waals surface area contributed by atoms with Gasteiger partial charge >= 0.3 is 5.97 Å². The van der Waals surface area contributed by atoms with E-state index in [0.29, 0.717) is 0 Å². The quantitative estimate of drug-likeness (QED) is 0.785. The number of aromatic nitrogens is 1. The van der Waals surface area contributed by atoms with E-state index in [1.54, 1.807) is 6.07 Å². The van der Waals surface area contributed by atoms with E-state index in [1.807, 2.05) is 6.07 Å². The lowest BCUT2D eigenvalue weighted by molar-refractivity contribution is -0.145. The fourth-order valence-corrected chi connectivity index (χ4v) is 3.24. The number of hydrogen-bond donors (Lipinski definition) is 1. The number of methoxy groups -OCH3 is 1. The summed E-state index contributed by atoms with van der Waals surface area (Å²) in [5.41, 5.74) is 4.87. The van der Waals surface area contributed by atoms with Gasteiger partial charge in [0.15, 0.2) is 0 Å². The van der Waals surface area contributed by atoms with E-state index in [0.717, 1.165) is 37.8 Å². The number of carbonyl (C=O) groups excluding carboxylic acids is 1. The molecule has 3 rings (SSSR count). The summed E-state index contributed by atoms with van der Waals surface area (Å²) in [4.78, 5) is 25.9. The zero-order valence-corrected chi connectivity index (χ0v) is 11.0. The number of ether oxygens (including phenoxy) is 1. The Kier molecular flexibility index (Phi) is 3.01. The van der Waals surface area contributed by atoms with Crippen molar-refractivity contribution in [1.82, 2.24) is 4.98 Å². The molecule has 0 fully saturated rings. The van der Waals surface area contributed by atoms with Crippen molar-refractivity contribution < 1.29 is 9.53 Å². The number of rotatable bonds is 1. The van der Waals surface area contributed by atoms with Gasteiger partial charge in [-0.2, -0.15) is 0 Å². The molecule has 4 nitrogen and oxygen atoms in total. The van der Waals surface area contributed by atoms with Gasteiger partial charge in [-0.15, -0.1) is 0 Å². The maximum atomic E-state index is 11.6. The van der Waals surface area contributed by atoms with Gasteiger partial charge in [0, 0.05) is 11.8 Å². The molecule has 1 atom stereocenters. The third-order valence-corrected chi connectivity index (χ3v) is 4.20. The Morgan fingerprint density at radius 2 is 2.16 bits per heavy atom. The first kappa shape index (κ1) is 12.2. The van der Waals surface area contributed by atoms with Gasteiger partial charge in [-0.05, 0) is 49.3 Å². The minimum absolute atomic E-state index is 0.00746. The van der Waals surface area contributed by atoms with Gasteiger partial charge in [0.05, 0.1) is 13.0 Å². The molecule has 0 aromatic carbocycles. The topological polar surface area (TPSA) is 59.2 Å². The van der Waals surface area contributed by atoms with Crippen molar-refractivity contribution in [2.24, 2.45) is 5.92 Å². The second-order valence-corrected chi connectivity index (χ2v) is 5.26. The highest BCUT2D eigenvalue weighted by Crippen LogP contribution is 2.41. The molecule has 0 radical (unpaired) electrons. The number of nitrogens with one attached hydrogen (secondary N) is 1. The van der Waals surface area contributed by atoms with Crippen LogP contribution in [0.5, 0.6) is 0 Å². The molecule has 1 aromatic rings. The van der Waals surface area contributed by atoms with E-state index < -0.39 is 0 Å². The summed E-state index contributed by atoms with van der Waals surface area (Å²) in [6.45, 7) is 0. The monoisotopic (exact) mass is 259 g/mol. The van der Waals surface area contributed by atoms with E-state index in [9.17, 15) is 9.59 Å². The Bertz CT molecular complexity index is 612. The molecule has 4 heteroatoms. The van der Waals surface area contributed by atoms with E-state index in [4.69, 9.17) is 4.74 Å². The predicted octanol–water partition coefficient (Wildman–Crippen LogP) is 2.05. The summed E-state index contributed by atoms with van der Waals surface area (Å²) >= 11 is 0. The average molecular weight is 259 g/mol. The van der Waals surface area contributed by atoms with Crippen LogP contribution in [0.3, 0.4) is 0 Å². The van der Waals surface area contributed by atoms with Crippen LogP contribution in [0.15, 0.2) is 22.5 Å². The second-order valence-electron chi connectivity index (χ2n) is 5.26. The minimum atomic E-state index is -0.0983. The molecule has 0 spiro atoms. The Balaban J connectivity index is 1.95. The largest absolute Gasteiger partial charge is 0.469 e. The number of esters is 1. The highest BCUT2D eigenvalue weighted by Gasteiger charge is 2.30. The standard InChI is InChI=1S/C15H17NO3/c1-19-15(18)10-2-4-11-9(8-10)3-6-13-12(11)5-7-14(17)16-13/h5,7,10H,2-4,6,8H2,1H3,(H,16,17). The van der Waals surface area contributed by atoms with Crippen LogP contribution in [0, 0.1) is 5.92 Å². The lowest BCUT2D eigenvalue weighted by atomic mass is 9.76. The molecule has 100 valence electrons. The third kappa shape index (κ3) is 2.11. The molecule has 2 aliphatic rings. The van der Waals surface area contributed by atoms with E-state index in [-0.39, 0.29) is 17.4 Å². The van der Waals surface area contributed by atoms with Gasteiger partial charge in [0.1, 0.15) is 0 Å². The summed E-state index contributed by atoms with van der Waals surface area (Å²) in [7, 11) is 1.45. The summed E-state index contributed by atoms with van der Waals surface area (Å²) < 4.78 is 4.85. The number of fused-ring (bicyclic) bond motifs is 2. The van der Waals surface area contributed by atoms with E-state index >= 15 is 0 Å². The predicted molar refractivity (Wildman–Crippen MR) is 71.7 cm³/mol. The van der Waals surface area contributed by atoms with Gasteiger partial charge in [0.2, 0.25) is 5.56 Å². The van der Waals surface area contributed by atoms with Crippen LogP contribution in [0.2, 0.25) is 0 Å². The molecule has 0 bridgehead atoms. The van der Waals surface area contributed by atoms with Crippen LogP contribution in [0.1, 0.15) is 36.9 Å². The summed E-state index contributed by atoms with van der Waals surface area (Å²) in [5, 5.41) is 0. The van der Waals surface area contributed by atoms with Crippen LogP contribution < -0.4 is 5.56 Å². The Morgan fingerprint density at radius 3 is 2.95 bits per heavy atom. The molecule has 1 N–H and O–H groups in total. The van der Waals surface area contributed by atoms with Crippen molar-refractivity contribution in [2.45, 2.75) is 32.1 Å². The zero-order chi connectivity index (χ0) is 13.4. The molecule has 19 heavy (non-hydrogen) atoms. The number of pyridine rings is 1. The lowest BCUT2D eigenvalue weighted by Gasteiger charge is -2.30. The number of aryl methyl sites for hydroxylation is 1. The fraction of sp³-hybridized carbons (Fsp3) is 0.467. The van der Waals surface area contributed by atoms with Crippen LogP contribution in [-0.2, 0) is 16.0 Å². The molecular formula is C15H17NO3. The normalized spacial score (nSPS) is 21.6. The van der Waals surface area contributed by atoms with Crippen LogP contribution in [0.4, 0.5) is 0 Å². The van der Waals surface area contributed by atoms with E-state index in [1.165, 1.54) is 23.8 Å². The number of H-pyrrole nitrogens is 1. The highest BCUT2D eigenvalue weighted by molar-refractivity contribution is 5.78. The van der Waals surface area contributed by atoms with Gasteiger partial charge < -0.3 is 9.72 Å². The fourth-order valence-electron chi connectivity index (χ4n) is 3.24. The number of allylic oxidation sites excluding steroid dienone is 2. The summed E-state index contributed by atoms with van der Waals surface area (Å²) in [5.74, 6) is -0.0909. The van der Waals surface area contributed by atoms with Crippen LogP contribution in [-0.4, -0.2) is 18.1 Å². The lowest BCUT2D eigenvalue weighted by Crippen LogP contribution is -2.23. The van der Waals surface area contributed by atoms with Crippen molar-refractivity contribution in [2.75, 3.05) is 7.11 Å². The molecule has 1 aromatic heterocycles. The van der Waals surface area contributed by atoms with Crippen molar-refractivity contribution in [3.63, 3.8) is 0 Å². The molecule has 1 unspecified atom stereocenters. The number of hydrogen-bond acceptors (Lipinski definition) is 3. The molecule has 0 aliphatic heterocycles. The maximum absolute atomic E-state index is 11.6. The first-order valence-corrected chi connectivity index (χ1v) is 6.70. The summed E-state index contributed by atoms with van der Waals surface area (Å²) in [6, 6.07) is 3.50. The SMILES string of the molecule is COC(=O)C1CCC2=C(CCc3[nH]c(=O)ccc32)C1. The molecular weight excluding hydrogens is 242 g/mol. The molecule has 2 aliphatic carbocycles. The van der Waals surface area contributed by atoms with Crippen molar-refractivity contribution in [1.29, 1.82) is 0 Å². The smallest absolute Gasteiger partial charge is 0.308 e. The van der Waals surface area contributed by atoms with Crippen LogP contribution >= 0.6 is 0 Å². The van der Waals surface area contributed by atoms with Gasteiger partial charge in [-0.3, -0.25) is 9.59 Å².